The summed E-state index contributed by atoms with van der Waals surface area (Å²) in [6.07, 6.45) is 5.98. The molecule has 0 spiro atoms. The Morgan fingerprint density at radius 2 is 1.94 bits per heavy atom. The molecule has 0 heterocycles. The molecular formula is C12H19NO3. The van der Waals surface area contributed by atoms with E-state index in [9.17, 15) is 9.59 Å². The van der Waals surface area contributed by atoms with Gasteiger partial charge in [-0.1, -0.05) is 26.7 Å². The number of carboxylic acids is 1. The maximum atomic E-state index is 11.9. The first kappa shape index (κ1) is 14.5. The Balaban J connectivity index is 4.60. The zero-order chi connectivity index (χ0) is 12.7. The van der Waals surface area contributed by atoms with E-state index in [2.05, 4.69) is 5.92 Å². The van der Waals surface area contributed by atoms with Crippen LogP contribution in [0.2, 0.25) is 0 Å². The minimum Gasteiger partial charge on any atom is -0.481 e. The minimum atomic E-state index is -0.960. The molecule has 2 atom stereocenters. The molecule has 4 nitrogen and oxygen atoms in total. The molecule has 0 saturated carbocycles. The number of terminal acetylenes is 1. The van der Waals surface area contributed by atoms with Crippen LogP contribution in [0.25, 0.3) is 0 Å². The van der Waals surface area contributed by atoms with Crippen molar-refractivity contribution in [2.24, 2.45) is 11.8 Å². The number of carbonyl (C=O) groups is 2. The Morgan fingerprint density at radius 1 is 1.38 bits per heavy atom. The summed E-state index contributed by atoms with van der Waals surface area (Å²) in [4.78, 5) is 24.2. The monoisotopic (exact) mass is 225 g/mol. The third kappa shape index (κ3) is 3.93. The average molecular weight is 225 g/mol. The van der Waals surface area contributed by atoms with Gasteiger partial charge in [-0.2, -0.15) is 0 Å². The zero-order valence-corrected chi connectivity index (χ0v) is 10.1. The molecule has 4 heteroatoms. The van der Waals surface area contributed by atoms with Crippen molar-refractivity contribution in [2.45, 2.75) is 27.2 Å². The van der Waals surface area contributed by atoms with Gasteiger partial charge in [0, 0.05) is 12.5 Å². The quantitative estimate of drug-likeness (QED) is 0.691. The van der Waals surface area contributed by atoms with Crippen molar-refractivity contribution in [1.29, 1.82) is 0 Å². The van der Waals surface area contributed by atoms with E-state index in [0.29, 0.717) is 6.54 Å². The smallest absolute Gasteiger partial charge is 0.307 e. The van der Waals surface area contributed by atoms with E-state index >= 15 is 0 Å². The summed E-state index contributed by atoms with van der Waals surface area (Å²) in [5.74, 6) is 0.0343. The fourth-order valence-corrected chi connectivity index (χ4v) is 1.36. The van der Waals surface area contributed by atoms with Gasteiger partial charge in [0.25, 0.3) is 0 Å². The number of nitrogens with zero attached hydrogens (tertiary/aromatic N) is 1. The highest BCUT2D eigenvalue weighted by Gasteiger charge is 2.28. The highest BCUT2D eigenvalue weighted by Crippen LogP contribution is 2.14. The van der Waals surface area contributed by atoms with Crippen molar-refractivity contribution in [3.8, 4) is 12.3 Å². The van der Waals surface area contributed by atoms with Crippen LogP contribution in [0.15, 0.2) is 0 Å². The van der Waals surface area contributed by atoms with E-state index < -0.39 is 17.8 Å². The minimum absolute atomic E-state index is 0.185. The number of carbonyl (C=O) groups excluding carboxylic acids is 1. The molecule has 0 aliphatic heterocycles. The van der Waals surface area contributed by atoms with Crippen molar-refractivity contribution < 1.29 is 14.7 Å². The fourth-order valence-electron chi connectivity index (χ4n) is 1.36. The van der Waals surface area contributed by atoms with Gasteiger partial charge in [-0.05, 0) is 6.42 Å². The van der Waals surface area contributed by atoms with Crippen LogP contribution >= 0.6 is 0 Å². The van der Waals surface area contributed by atoms with E-state index in [4.69, 9.17) is 11.5 Å². The molecule has 16 heavy (non-hydrogen) atoms. The SMILES string of the molecule is C#CCN(CCC)C(=O)C(C)C(C)C(=O)O. The number of amides is 1. The lowest BCUT2D eigenvalue weighted by molar-refractivity contribution is -0.148. The average Bonchev–Trinajstić information content (AvgIpc) is 2.25. The number of carboxylic acid groups (broad SMARTS) is 1. The summed E-state index contributed by atoms with van der Waals surface area (Å²) >= 11 is 0. The van der Waals surface area contributed by atoms with Gasteiger partial charge in [-0.25, -0.2) is 0 Å². The van der Waals surface area contributed by atoms with Crippen LogP contribution in [0, 0.1) is 24.2 Å². The van der Waals surface area contributed by atoms with Gasteiger partial charge in [0.15, 0.2) is 0 Å². The molecule has 1 N–H and O–H groups in total. The molecule has 0 aromatic carbocycles. The van der Waals surface area contributed by atoms with Gasteiger partial charge in [0.1, 0.15) is 0 Å². The Morgan fingerprint density at radius 3 is 2.31 bits per heavy atom. The molecule has 0 aliphatic carbocycles. The van der Waals surface area contributed by atoms with Crippen molar-refractivity contribution >= 4 is 11.9 Å². The number of rotatable bonds is 6. The Hall–Kier alpha value is -1.50. The normalized spacial score (nSPS) is 13.6. The van der Waals surface area contributed by atoms with Crippen LogP contribution in [0.1, 0.15) is 27.2 Å². The summed E-state index contributed by atoms with van der Waals surface area (Å²) in [6, 6.07) is 0. The van der Waals surface area contributed by atoms with Crippen molar-refractivity contribution in [1.82, 2.24) is 4.90 Å². The van der Waals surface area contributed by atoms with E-state index in [1.54, 1.807) is 6.92 Å². The molecule has 0 fully saturated rings. The van der Waals surface area contributed by atoms with E-state index in [0.717, 1.165) is 6.42 Å². The maximum Gasteiger partial charge on any atom is 0.307 e. The van der Waals surface area contributed by atoms with Crippen molar-refractivity contribution in [2.75, 3.05) is 13.1 Å². The van der Waals surface area contributed by atoms with Gasteiger partial charge in [-0.3, -0.25) is 9.59 Å². The van der Waals surface area contributed by atoms with E-state index in [1.165, 1.54) is 11.8 Å². The lowest BCUT2D eigenvalue weighted by Crippen LogP contribution is -2.39. The summed E-state index contributed by atoms with van der Waals surface area (Å²) in [5, 5.41) is 8.83. The first-order chi connectivity index (χ1) is 7.45. The highest BCUT2D eigenvalue weighted by atomic mass is 16.4. The number of aliphatic carboxylic acids is 1. The summed E-state index contributed by atoms with van der Waals surface area (Å²) in [7, 11) is 0. The summed E-state index contributed by atoms with van der Waals surface area (Å²) in [6.45, 7) is 5.91. The second-order valence-corrected chi connectivity index (χ2v) is 3.88. The molecule has 2 unspecified atom stereocenters. The standard InChI is InChI=1S/C12H19NO3/c1-5-7-13(8-6-2)11(14)9(3)10(4)12(15)16/h1,9-10H,6-8H2,2-4H3,(H,15,16). The zero-order valence-electron chi connectivity index (χ0n) is 10.1. The Labute approximate surface area is 96.6 Å². The second-order valence-electron chi connectivity index (χ2n) is 3.88. The van der Waals surface area contributed by atoms with Crippen molar-refractivity contribution in [3.05, 3.63) is 0 Å². The second kappa shape index (κ2) is 6.89. The van der Waals surface area contributed by atoms with Gasteiger partial charge >= 0.3 is 5.97 Å². The first-order valence-electron chi connectivity index (χ1n) is 5.40. The third-order valence-corrected chi connectivity index (χ3v) is 2.62. The molecule has 0 rings (SSSR count). The lowest BCUT2D eigenvalue weighted by Gasteiger charge is -2.25. The Kier molecular flexibility index (Phi) is 6.24. The van der Waals surface area contributed by atoms with Crippen LogP contribution in [-0.4, -0.2) is 35.0 Å². The molecule has 1 amide bonds. The van der Waals surface area contributed by atoms with Gasteiger partial charge in [-0.15, -0.1) is 6.42 Å². The third-order valence-electron chi connectivity index (χ3n) is 2.62. The lowest BCUT2D eigenvalue weighted by atomic mass is 9.94. The number of hydrogen-bond donors (Lipinski definition) is 1. The maximum absolute atomic E-state index is 11.9. The highest BCUT2D eigenvalue weighted by molar-refractivity contribution is 5.84. The fraction of sp³-hybridized carbons (Fsp3) is 0.667. The molecule has 0 radical (unpaired) electrons. The van der Waals surface area contributed by atoms with Crippen LogP contribution in [0.3, 0.4) is 0 Å². The van der Waals surface area contributed by atoms with Crippen LogP contribution in [0.4, 0.5) is 0 Å². The summed E-state index contributed by atoms with van der Waals surface area (Å²) < 4.78 is 0. The molecule has 0 aromatic heterocycles. The largest absolute Gasteiger partial charge is 0.481 e. The van der Waals surface area contributed by atoms with Gasteiger partial charge in [0.05, 0.1) is 12.5 Å². The molecule has 0 aliphatic rings. The molecule has 0 aromatic rings. The van der Waals surface area contributed by atoms with Gasteiger partial charge in [0.2, 0.25) is 5.91 Å². The van der Waals surface area contributed by atoms with E-state index in [-0.39, 0.29) is 12.5 Å². The molecule has 0 bridgehead atoms. The molecular weight excluding hydrogens is 206 g/mol. The van der Waals surface area contributed by atoms with Crippen LogP contribution in [0.5, 0.6) is 0 Å². The first-order valence-corrected chi connectivity index (χ1v) is 5.40. The number of hydrogen-bond acceptors (Lipinski definition) is 2. The topological polar surface area (TPSA) is 57.6 Å². The molecule has 90 valence electrons. The predicted octanol–water partition coefficient (Wildman–Crippen LogP) is 1.21. The predicted molar refractivity (Wildman–Crippen MR) is 61.7 cm³/mol. The van der Waals surface area contributed by atoms with Gasteiger partial charge < -0.3 is 10.0 Å². The molecule has 0 saturated heterocycles. The van der Waals surface area contributed by atoms with Crippen LogP contribution in [-0.2, 0) is 9.59 Å². The Bertz CT molecular complexity index is 293. The summed E-state index contributed by atoms with van der Waals surface area (Å²) in [5.41, 5.74) is 0. The van der Waals surface area contributed by atoms with E-state index in [1.807, 2.05) is 6.92 Å². The van der Waals surface area contributed by atoms with Crippen LogP contribution < -0.4 is 0 Å². The van der Waals surface area contributed by atoms with Crippen molar-refractivity contribution in [3.63, 3.8) is 0 Å².